The fourth-order valence-electron chi connectivity index (χ4n) is 4.59. The first-order chi connectivity index (χ1) is 9.29. The molecule has 1 aliphatic heterocycles. The molecule has 1 saturated carbocycles. The van der Waals surface area contributed by atoms with Gasteiger partial charge in [-0.3, -0.25) is 0 Å². The Balaban J connectivity index is 1.96. The maximum atomic E-state index is 6.49. The normalized spacial score (nSPS) is 35.5. The summed E-state index contributed by atoms with van der Waals surface area (Å²) in [7, 11) is 0. The van der Waals surface area contributed by atoms with E-state index in [0.29, 0.717) is 11.3 Å². The van der Waals surface area contributed by atoms with Gasteiger partial charge in [-0.05, 0) is 48.8 Å². The van der Waals surface area contributed by atoms with Gasteiger partial charge >= 0.3 is 0 Å². The second-order valence-electron chi connectivity index (χ2n) is 7.63. The molecule has 1 aliphatic carbocycles. The molecule has 2 N–H and O–H groups in total. The van der Waals surface area contributed by atoms with Crippen LogP contribution in [0.3, 0.4) is 0 Å². The summed E-state index contributed by atoms with van der Waals surface area (Å²) in [5.41, 5.74) is 7.86. The monoisotopic (exact) mass is 337 g/mol. The quantitative estimate of drug-likeness (QED) is 0.736. The minimum atomic E-state index is -0.0680. The third-order valence-corrected chi connectivity index (χ3v) is 5.21. The Morgan fingerprint density at radius 2 is 2.00 bits per heavy atom. The van der Waals surface area contributed by atoms with E-state index >= 15 is 0 Å². The minimum Gasteiger partial charge on any atom is -0.487 e. The zero-order valence-electron chi connectivity index (χ0n) is 12.6. The first-order valence-electron chi connectivity index (χ1n) is 7.53. The SMILES string of the molecule is CC1CC(C)(C)CC2(C1)C[C@@H](N)c1cc(Br)ccc1O2. The van der Waals surface area contributed by atoms with Crippen LogP contribution in [0.2, 0.25) is 0 Å². The van der Waals surface area contributed by atoms with E-state index in [1.54, 1.807) is 0 Å². The van der Waals surface area contributed by atoms with Crippen LogP contribution >= 0.6 is 15.9 Å². The highest BCUT2D eigenvalue weighted by Gasteiger charge is 2.48. The Morgan fingerprint density at radius 3 is 2.70 bits per heavy atom. The molecule has 1 spiro atoms. The summed E-state index contributed by atoms with van der Waals surface area (Å²) in [5, 5.41) is 0. The van der Waals surface area contributed by atoms with E-state index in [9.17, 15) is 0 Å². The van der Waals surface area contributed by atoms with Crippen LogP contribution < -0.4 is 10.5 Å². The van der Waals surface area contributed by atoms with Crippen molar-refractivity contribution in [3.05, 3.63) is 28.2 Å². The summed E-state index contributed by atoms with van der Waals surface area (Å²) in [4.78, 5) is 0. The lowest BCUT2D eigenvalue weighted by atomic mass is 9.63. The van der Waals surface area contributed by atoms with Crippen LogP contribution in [0, 0.1) is 11.3 Å². The number of nitrogens with two attached hydrogens (primary N) is 1. The lowest BCUT2D eigenvalue weighted by molar-refractivity contribution is -0.0571. The lowest BCUT2D eigenvalue weighted by Crippen LogP contribution is -2.50. The number of ether oxygens (including phenoxy) is 1. The molecule has 1 fully saturated rings. The molecule has 20 heavy (non-hydrogen) atoms. The average Bonchev–Trinajstić information content (AvgIpc) is 2.27. The Morgan fingerprint density at radius 1 is 1.25 bits per heavy atom. The van der Waals surface area contributed by atoms with Gasteiger partial charge < -0.3 is 10.5 Å². The predicted molar refractivity (Wildman–Crippen MR) is 85.8 cm³/mol. The van der Waals surface area contributed by atoms with E-state index in [0.717, 1.165) is 35.0 Å². The van der Waals surface area contributed by atoms with Crippen molar-refractivity contribution in [2.45, 2.75) is 58.1 Å². The van der Waals surface area contributed by atoms with Gasteiger partial charge in [0.15, 0.2) is 0 Å². The van der Waals surface area contributed by atoms with E-state index in [-0.39, 0.29) is 11.6 Å². The van der Waals surface area contributed by atoms with Crippen LogP contribution in [0.15, 0.2) is 22.7 Å². The first kappa shape index (κ1) is 14.4. The molecule has 0 saturated heterocycles. The molecule has 1 aromatic carbocycles. The molecule has 2 unspecified atom stereocenters. The van der Waals surface area contributed by atoms with Gasteiger partial charge in [0.2, 0.25) is 0 Å². The van der Waals surface area contributed by atoms with E-state index in [1.807, 2.05) is 6.07 Å². The number of hydrogen-bond donors (Lipinski definition) is 1. The molecule has 3 heteroatoms. The Labute approximate surface area is 130 Å². The van der Waals surface area contributed by atoms with Crippen LogP contribution in [0.5, 0.6) is 5.75 Å². The van der Waals surface area contributed by atoms with Gasteiger partial charge in [0.25, 0.3) is 0 Å². The first-order valence-corrected chi connectivity index (χ1v) is 8.32. The summed E-state index contributed by atoms with van der Waals surface area (Å²) in [6, 6.07) is 6.29. The zero-order valence-corrected chi connectivity index (χ0v) is 14.2. The molecule has 0 bridgehead atoms. The van der Waals surface area contributed by atoms with Crippen molar-refractivity contribution in [1.29, 1.82) is 0 Å². The van der Waals surface area contributed by atoms with Gasteiger partial charge in [-0.1, -0.05) is 36.7 Å². The molecule has 1 heterocycles. The average molecular weight is 338 g/mol. The van der Waals surface area contributed by atoms with Gasteiger partial charge in [0.1, 0.15) is 11.4 Å². The van der Waals surface area contributed by atoms with Gasteiger partial charge in [-0.25, -0.2) is 0 Å². The number of halogens is 1. The van der Waals surface area contributed by atoms with Crippen molar-refractivity contribution in [2.24, 2.45) is 17.1 Å². The largest absolute Gasteiger partial charge is 0.487 e. The van der Waals surface area contributed by atoms with Crippen molar-refractivity contribution in [1.82, 2.24) is 0 Å². The Bertz CT molecular complexity index is 528. The summed E-state index contributed by atoms with van der Waals surface area (Å²) >= 11 is 3.52. The number of fused-ring (bicyclic) bond motifs is 1. The smallest absolute Gasteiger partial charge is 0.124 e. The molecule has 1 aromatic rings. The molecule has 0 aromatic heterocycles. The van der Waals surface area contributed by atoms with Crippen molar-refractivity contribution in [3.63, 3.8) is 0 Å². The van der Waals surface area contributed by atoms with Gasteiger partial charge in [-0.2, -0.15) is 0 Å². The zero-order chi connectivity index (χ0) is 14.5. The van der Waals surface area contributed by atoms with Gasteiger partial charge in [0, 0.05) is 22.5 Å². The van der Waals surface area contributed by atoms with E-state index in [1.165, 1.54) is 6.42 Å². The number of rotatable bonds is 0. The molecular weight excluding hydrogens is 314 g/mol. The topological polar surface area (TPSA) is 35.2 Å². The summed E-state index contributed by atoms with van der Waals surface area (Å²) in [5.74, 6) is 1.68. The fraction of sp³-hybridized carbons (Fsp3) is 0.647. The molecule has 2 aliphatic rings. The maximum Gasteiger partial charge on any atom is 0.124 e. The number of benzene rings is 1. The molecule has 3 atom stereocenters. The van der Waals surface area contributed by atoms with Gasteiger partial charge in [0.05, 0.1) is 0 Å². The fourth-order valence-corrected chi connectivity index (χ4v) is 4.97. The van der Waals surface area contributed by atoms with E-state index < -0.39 is 0 Å². The predicted octanol–water partition coefficient (Wildman–Crippen LogP) is 4.82. The Kier molecular flexibility index (Phi) is 3.41. The number of hydrogen-bond acceptors (Lipinski definition) is 2. The van der Waals surface area contributed by atoms with Crippen molar-refractivity contribution in [3.8, 4) is 5.75 Å². The lowest BCUT2D eigenvalue weighted by Gasteiger charge is -2.50. The third-order valence-electron chi connectivity index (χ3n) is 4.71. The van der Waals surface area contributed by atoms with Crippen LogP contribution in [0.4, 0.5) is 0 Å². The van der Waals surface area contributed by atoms with Crippen LogP contribution in [0.25, 0.3) is 0 Å². The molecule has 0 radical (unpaired) electrons. The molecule has 2 nitrogen and oxygen atoms in total. The van der Waals surface area contributed by atoms with Crippen LogP contribution in [0.1, 0.15) is 58.1 Å². The molecule has 110 valence electrons. The standard InChI is InChI=1S/C17H24BrNO/c1-11-7-16(2,3)10-17(8-11)9-14(19)13-6-12(18)4-5-15(13)20-17/h4-6,11,14H,7-10,19H2,1-3H3/t11?,14-,17?/m1/s1. The highest BCUT2D eigenvalue weighted by Crippen LogP contribution is 2.52. The summed E-state index contributed by atoms with van der Waals surface area (Å²) in [6.45, 7) is 7.06. The maximum absolute atomic E-state index is 6.49. The Hall–Kier alpha value is -0.540. The highest BCUT2D eigenvalue weighted by atomic mass is 79.9. The summed E-state index contributed by atoms with van der Waals surface area (Å²) < 4.78 is 7.56. The highest BCUT2D eigenvalue weighted by molar-refractivity contribution is 9.10. The van der Waals surface area contributed by atoms with E-state index in [4.69, 9.17) is 10.5 Å². The summed E-state index contributed by atoms with van der Waals surface area (Å²) in [6.07, 6.45) is 4.44. The van der Waals surface area contributed by atoms with Crippen molar-refractivity contribution >= 4 is 15.9 Å². The van der Waals surface area contributed by atoms with Crippen molar-refractivity contribution in [2.75, 3.05) is 0 Å². The van der Waals surface area contributed by atoms with Crippen LogP contribution in [-0.4, -0.2) is 5.60 Å². The molecule has 3 rings (SSSR count). The van der Waals surface area contributed by atoms with Crippen molar-refractivity contribution < 1.29 is 4.74 Å². The van der Waals surface area contributed by atoms with Gasteiger partial charge in [-0.15, -0.1) is 0 Å². The second kappa shape index (κ2) is 4.74. The molecule has 0 amide bonds. The van der Waals surface area contributed by atoms with E-state index in [2.05, 4.69) is 48.8 Å². The third kappa shape index (κ3) is 2.62. The molecular formula is C17H24BrNO. The minimum absolute atomic E-state index is 0.0680. The second-order valence-corrected chi connectivity index (χ2v) is 8.55. The van der Waals surface area contributed by atoms with Crippen LogP contribution in [-0.2, 0) is 0 Å².